The van der Waals surface area contributed by atoms with Crippen molar-refractivity contribution in [3.05, 3.63) is 11.2 Å². The molecule has 0 bridgehead atoms. The van der Waals surface area contributed by atoms with Crippen LogP contribution in [0.15, 0.2) is 6.20 Å². The van der Waals surface area contributed by atoms with Crippen LogP contribution in [0.4, 0.5) is 5.82 Å². The summed E-state index contributed by atoms with van der Waals surface area (Å²) in [7, 11) is 3.91. The minimum absolute atomic E-state index is 0.762. The summed E-state index contributed by atoms with van der Waals surface area (Å²) in [6.07, 6.45) is 2.70. The second-order valence-corrected chi connectivity index (χ2v) is 4.27. The molecule has 2 aromatic heterocycles. The molecule has 0 aliphatic carbocycles. The number of nitrogens with zero attached hydrogens (tertiary/aromatic N) is 4. The van der Waals surface area contributed by atoms with Gasteiger partial charge in [-0.25, -0.2) is 15.0 Å². The zero-order valence-corrected chi connectivity index (χ0v) is 9.30. The van der Waals surface area contributed by atoms with Gasteiger partial charge in [-0.1, -0.05) is 18.3 Å². The molecule has 0 aliphatic heterocycles. The van der Waals surface area contributed by atoms with E-state index in [1.807, 2.05) is 19.0 Å². The lowest BCUT2D eigenvalue weighted by Crippen LogP contribution is -2.10. The molecular formula is C9H12N4S. The Morgan fingerprint density at radius 3 is 2.79 bits per heavy atom. The molecule has 0 amide bonds. The van der Waals surface area contributed by atoms with Gasteiger partial charge < -0.3 is 4.90 Å². The monoisotopic (exact) mass is 208 g/mol. The summed E-state index contributed by atoms with van der Waals surface area (Å²) in [5.74, 6) is 0.879. The predicted molar refractivity (Wildman–Crippen MR) is 58.9 cm³/mol. The Kier molecular flexibility index (Phi) is 2.33. The Morgan fingerprint density at radius 1 is 1.36 bits per heavy atom. The predicted octanol–water partition coefficient (Wildman–Crippen LogP) is 1.71. The fourth-order valence-electron chi connectivity index (χ4n) is 1.12. The van der Waals surface area contributed by atoms with E-state index in [4.69, 9.17) is 0 Å². The highest BCUT2D eigenvalue weighted by Gasteiger charge is 2.06. The lowest BCUT2D eigenvalue weighted by molar-refractivity contribution is 1.06. The molecule has 0 saturated carbocycles. The summed E-state index contributed by atoms with van der Waals surface area (Å²) < 4.78 is 0. The normalized spacial score (nSPS) is 10.8. The number of anilines is 1. The van der Waals surface area contributed by atoms with Crippen LogP contribution >= 0.6 is 11.3 Å². The van der Waals surface area contributed by atoms with E-state index >= 15 is 0 Å². The van der Waals surface area contributed by atoms with Crippen LogP contribution in [0.25, 0.3) is 10.5 Å². The van der Waals surface area contributed by atoms with E-state index in [1.165, 1.54) is 0 Å². The first-order valence-electron chi connectivity index (χ1n) is 4.50. The van der Waals surface area contributed by atoms with Gasteiger partial charge in [-0.3, -0.25) is 0 Å². The largest absolute Gasteiger partial charge is 0.361 e. The molecule has 74 valence electrons. The molecule has 2 heterocycles. The maximum Gasteiger partial charge on any atom is 0.190 e. The number of thiazole rings is 1. The van der Waals surface area contributed by atoms with Crippen molar-refractivity contribution in [2.45, 2.75) is 13.3 Å². The number of fused-ring (bicyclic) bond motifs is 1. The zero-order chi connectivity index (χ0) is 10.1. The van der Waals surface area contributed by atoms with Gasteiger partial charge in [0.2, 0.25) is 0 Å². The molecule has 0 aliphatic rings. The van der Waals surface area contributed by atoms with E-state index in [9.17, 15) is 0 Å². The van der Waals surface area contributed by atoms with E-state index in [2.05, 4.69) is 21.9 Å². The summed E-state index contributed by atoms with van der Waals surface area (Å²) in [6.45, 7) is 2.09. The minimum atomic E-state index is 0.762. The summed E-state index contributed by atoms with van der Waals surface area (Å²) in [5, 5.41) is 1.09. The lowest BCUT2D eigenvalue weighted by atomic mass is 10.5. The molecule has 0 aromatic carbocycles. The zero-order valence-electron chi connectivity index (χ0n) is 8.48. The SMILES string of the molecule is CCc1nc2ncc(N(C)C)nc2s1. The molecule has 0 saturated heterocycles. The smallest absolute Gasteiger partial charge is 0.190 e. The molecule has 0 radical (unpaired) electrons. The van der Waals surface area contributed by atoms with E-state index in [0.717, 1.165) is 27.7 Å². The van der Waals surface area contributed by atoms with Crippen LogP contribution in [-0.4, -0.2) is 29.0 Å². The van der Waals surface area contributed by atoms with Crippen molar-refractivity contribution in [3.63, 3.8) is 0 Å². The van der Waals surface area contributed by atoms with Gasteiger partial charge in [0.1, 0.15) is 5.82 Å². The molecule has 0 atom stereocenters. The van der Waals surface area contributed by atoms with Gasteiger partial charge >= 0.3 is 0 Å². The van der Waals surface area contributed by atoms with Gasteiger partial charge in [0.15, 0.2) is 10.5 Å². The first-order valence-corrected chi connectivity index (χ1v) is 5.32. The van der Waals surface area contributed by atoms with Crippen molar-refractivity contribution >= 4 is 27.6 Å². The standard InChI is InChI=1S/C9H12N4S/c1-4-7-12-8-9(14-7)11-6(5-10-8)13(2)3/h5H,4H2,1-3H3. The highest BCUT2D eigenvalue weighted by molar-refractivity contribution is 7.18. The number of hydrogen-bond donors (Lipinski definition) is 0. The Morgan fingerprint density at radius 2 is 2.14 bits per heavy atom. The summed E-state index contributed by atoms with van der Waals surface area (Å²) >= 11 is 1.62. The van der Waals surface area contributed by atoms with Crippen LogP contribution in [0.5, 0.6) is 0 Å². The number of hydrogen-bond acceptors (Lipinski definition) is 5. The first kappa shape index (κ1) is 9.33. The van der Waals surface area contributed by atoms with Crippen LogP contribution < -0.4 is 4.90 Å². The highest BCUT2D eigenvalue weighted by atomic mass is 32.1. The number of aryl methyl sites for hydroxylation is 1. The highest BCUT2D eigenvalue weighted by Crippen LogP contribution is 2.20. The topological polar surface area (TPSA) is 41.9 Å². The van der Waals surface area contributed by atoms with Gasteiger partial charge in [0.05, 0.1) is 11.2 Å². The summed E-state index contributed by atoms with van der Waals surface area (Å²) in [5.41, 5.74) is 0.762. The summed E-state index contributed by atoms with van der Waals surface area (Å²) in [4.78, 5) is 16.0. The van der Waals surface area contributed by atoms with Crippen LogP contribution in [0.1, 0.15) is 11.9 Å². The second kappa shape index (κ2) is 3.49. The third kappa shape index (κ3) is 1.55. The average Bonchev–Trinajstić information content (AvgIpc) is 2.58. The van der Waals surface area contributed by atoms with E-state index < -0.39 is 0 Å². The molecule has 0 N–H and O–H groups in total. The molecule has 0 unspecified atom stereocenters. The second-order valence-electron chi connectivity index (χ2n) is 3.21. The molecule has 0 spiro atoms. The van der Waals surface area contributed by atoms with E-state index in [1.54, 1.807) is 17.5 Å². The molecular weight excluding hydrogens is 196 g/mol. The fraction of sp³-hybridized carbons (Fsp3) is 0.444. The van der Waals surface area contributed by atoms with Crippen molar-refractivity contribution < 1.29 is 0 Å². The summed E-state index contributed by atoms with van der Waals surface area (Å²) in [6, 6.07) is 0. The van der Waals surface area contributed by atoms with Crippen molar-refractivity contribution in [2.75, 3.05) is 19.0 Å². The van der Waals surface area contributed by atoms with E-state index in [-0.39, 0.29) is 0 Å². The van der Waals surface area contributed by atoms with Gasteiger partial charge in [-0.15, -0.1) is 0 Å². The third-order valence-electron chi connectivity index (χ3n) is 1.92. The quantitative estimate of drug-likeness (QED) is 0.753. The first-order chi connectivity index (χ1) is 6.70. The van der Waals surface area contributed by atoms with Crippen molar-refractivity contribution in [2.24, 2.45) is 0 Å². The molecule has 14 heavy (non-hydrogen) atoms. The van der Waals surface area contributed by atoms with Crippen LogP contribution in [0.3, 0.4) is 0 Å². The molecule has 5 heteroatoms. The van der Waals surface area contributed by atoms with Crippen LogP contribution in [0.2, 0.25) is 0 Å². The Hall–Kier alpha value is -1.23. The van der Waals surface area contributed by atoms with Crippen molar-refractivity contribution in [3.8, 4) is 0 Å². The Labute approximate surface area is 86.6 Å². The Bertz CT molecular complexity index is 449. The number of aromatic nitrogens is 3. The average molecular weight is 208 g/mol. The van der Waals surface area contributed by atoms with Gasteiger partial charge in [0, 0.05) is 14.1 Å². The maximum absolute atomic E-state index is 4.46. The maximum atomic E-state index is 4.46. The van der Waals surface area contributed by atoms with Crippen LogP contribution in [-0.2, 0) is 6.42 Å². The van der Waals surface area contributed by atoms with Crippen molar-refractivity contribution in [1.82, 2.24) is 15.0 Å². The lowest BCUT2D eigenvalue weighted by Gasteiger charge is -2.08. The molecule has 4 nitrogen and oxygen atoms in total. The minimum Gasteiger partial charge on any atom is -0.361 e. The third-order valence-corrected chi connectivity index (χ3v) is 3.00. The van der Waals surface area contributed by atoms with Gasteiger partial charge in [-0.05, 0) is 6.42 Å². The fourth-order valence-corrected chi connectivity index (χ4v) is 1.95. The van der Waals surface area contributed by atoms with Gasteiger partial charge in [0.25, 0.3) is 0 Å². The van der Waals surface area contributed by atoms with Crippen molar-refractivity contribution in [1.29, 1.82) is 0 Å². The molecule has 2 aromatic rings. The Balaban J connectivity index is 2.54. The van der Waals surface area contributed by atoms with E-state index in [0.29, 0.717) is 0 Å². The van der Waals surface area contributed by atoms with Gasteiger partial charge in [-0.2, -0.15) is 0 Å². The molecule has 2 rings (SSSR count). The molecule has 0 fully saturated rings. The number of rotatable bonds is 2. The van der Waals surface area contributed by atoms with Crippen LogP contribution in [0, 0.1) is 0 Å².